The summed E-state index contributed by atoms with van der Waals surface area (Å²) in [4.78, 5) is 22.7. The van der Waals surface area contributed by atoms with E-state index in [0.29, 0.717) is 0 Å². The molecule has 0 aliphatic carbocycles. The molecule has 3 heteroatoms. The summed E-state index contributed by atoms with van der Waals surface area (Å²) in [7, 11) is 0. The number of hydrogen-bond acceptors (Lipinski definition) is 3. The molecule has 1 heterocycles. The zero-order valence-corrected chi connectivity index (χ0v) is 11.5. The van der Waals surface area contributed by atoms with Crippen LogP contribution in [0.4, 0.5) is 0 Å². The van der Waals surface area contributed by atoms with Crippen molar-refractivity contribution in [2.24, 2.45) is 5.41 Å². The largest absolute Gasteiger partial charge is 0.351 e. The first kappa shape index (κ1) is 12.9. The van der Waals surface area contributed by atoms with Crippen LogP contribution < -0.4 is 0 Å². The van der Waals surface area contributed by atoms with E-state index in [9.17, 15) is 4.79 Å². The molecule has 0 atom stereocenters. The van der Waals surface area contributed by atoms with Crippen molar-refractivity contribution in [3.8, 4) is 0 Å². The van der Waals surface area contributed by atoms with Crippen molar-refractivity contribution in [1.82, 2.24) is 0 Å². The van der Waals surface area contributed by atoms with Gasteiger partial charge >= 0.3 is 5.97 Å². The highest BCUT2D eigenvalue weighted by Gasteiger charge is 2.61. The molecule has 0 spiro atoms. The maximum Gasteiger partial charge on any atom is 0.351 e. The zero-order chi connectivity index (χ0) is 14.2. The lowest BCUT2D eigenvalue weighted by Crippen LogP contribution is -2.42. The summed E-state index contributed by atoms with van der Waals surface area (Å²) in [5.41, 5.74) is 0.0755. The Hall–Kier alpha value is -2.13. The van der Waals surface area contributed by atoms with E-state index < -0.39 is 11.0 Å². The summed E-state index contributed by atoms with van der Waals surface area (Å²) in [5, 5.41) is 0. The predicted molar refractivity (Wildman–Crippen MR) is 74.6 cm³/mol. The Labute approximate surface area is 118 Å². The minimum Gasteiger partial charge on any atom is -0.296 e. The van der Waals surface area contributed by atoms with Crippen molar-refractivity contribution >= 4 is 5.97 Å². The molecule has 0 saturated carbocycles. The van der Waals surface area contributed by atoms with E-state index >= 15 is 0 Å². The number of carbonyl (C=O) groups is 1. The second-order valence-electron chi connectivity index (χ2n) is 5.49. The number of carbonyl (C=O) groups excluding carboxylic acids is 1. The summed E-state index contributed by atoms with van der Waals surface area (Å²) in [6.45, 7) is 3.70. The smallest absolute Gasteiger partial charge is 0.296 e. The van der Waals surface area contributed by atoms with E-state index in [1.807, 2.05) is 74.5 Å². The Morgan fingerprint density at radius 2 is 1.25 bits per heavy atom. The Morgan fingerprint density at radius 3 is 1.60 bits per heavy atom. The molecule has 20 heavy (non-hydrogen) atoms. The SMILES string of the molecule is CC1(C)C(=O)OOC1(c1ccccc1)c1ccccc1. The summed E-state index contributed by atoms with van der Waals surface area (Å²) >= 11 is 0. The van der Waals surface area contributed by atoms with Gasteiger partial charge in [0.1, 0.15) is 5.41 Å². The highest BCUT2D eigenvalue weighted by atomic mass is 17.2. The molecule has 0 N–H and O–H groups in total. The molecule has 2 aromatic carbocycles. The van der Waals surface area contributed by atoms with Crippen molar-refractivity contribution in [1.29, 1.82) is 0 Å². The quantitative estimate of drug-likeness (QED) is 0.783. The van der Waals surface area contributed by atoms with Crippen molar-refractivity contribution < 1.29 is 14.6 Å². The van der Waals surface area contributed by atoms with Gasteiger partial charge in [-0.25, -0.2) is 4.79 Å². The summed E-state index contributed by atoms with van der Waals surface area (Å²) in [6.07, 6.45) is 0. The predicted octanol–water partition coefficient (Wildman–Crippen LogP) is 3.44. The molecule has 102 valence electrons. The molecular weight excluding hydrogens is 252 g/mol. The van der Waals surface area contributed by atoms with Crippen LogP contribution in [-0.2, 0) is 20.2 Å². The molecule has 0 amide bonds. The van der Waals surface area contributed by atoms with Gasteiger partial charge in [0.2, 0.25) is 0 Å². The van der Waals surface area contributed by atoms with E-state index in [2.05, 4.69) is 0 Å². The molecule has 2 aromatic rings. The first-order valence-corrected chi connectivity index (χ1v) is 6.60. The lowest BCUT2D eigenvalue weighted by Gasteiger charge is -2.35. The van der Waals surface area contributed by atoms with E-state index in [1.54, 1.807) is 0 Å². The maximum atomic E-state index is 12.1. The van der Waals surface area contributed by atoms with E-state index in [-0.39, 0.29) is 5.97 Å². The highest BCUT2D eigenvalue weighted by molar-refractivity contribution is 5.80. The molecule has 1 aliphatic heterocycles. The van der Waals surface area contributed by atoms with Gasteiger partial charge in [-0.2, -0.15) is 4.89 Å². The topological polar surface area (TPSA) is 35.5 Å². The zero-order valence-electron chi connectivity index (χ0n) is 11.5. The van der Waals surface area contributed by atoms with E-state index in [4.69, 9.17) is 9.78 Å². The van der Waals surface area contributed by atoms with Gasteiger partial charge in [0.25, 0.3) is 0 Å². The van der Waals surface area contributed by atoms with Crippen molar-refractivity contribution in [3.05, 3.63) is 71.8 Å². The van der Waals surface area contributed by atoms with Gasteiger partial charge in [0.05, 0.1) is 0 Å². The molecule has 1 saturated heterocycles. The average Bonchev–Trinajstić information content (AvgIpc) is 2.73. The standard InChI is InChI=1S/C17H16O3/c1-16(2)15(18)19-20-17(16,13-9-5-3-6-10-13)14-11-7-4-8-12-14/h3-12H,1-2H3. The molecule has 0 unspecified atom stereocenters. The van der Waals surface area contributed by atoms with Gasteiger partial charge < -0.3 is 0 Å². The van der Waals surface area contributed by atoms with E-state index in [0.717, 1.165) is 11.1 Å². The fourth-order valence-electron chi connectivity index (χ4n) is 2.78. The van der Waals surface area contributed by atoms with Gasteiger partial charge in [0.15, 0.2) is 5.60 Å². The number of benzene rings is 2. The molecule has 3 nitrogen and oxygen atoms in total. The second-order valence-corrected chi connectivity index (χ2v) is 5.49. The third-order valence-corrected chi connectivity index (χ3v) is 3.99. The molecule has 3 rings (SSSR count). The van der Waals surface area contributed by atoms with Crippen LogP contribution in [0.2, 0.25) is 0 Å². The third-order valence-electron chi connectivity index (χ3n) is 3.99. The van der Waals surface area contributed by atoms with Crippen LogP contribution in [0, 0.1) is 5.41 Å². The lowest BCUT2D eigenvalue weighted by atomic mass is 9.67. The van der Waals surface area contributed by atoms with Crippen LogP contribution in [0.3, 0.4) is 0 Å². The Balaban J connectivity index is 2.28. The molecule has 0 aromatic heterocycles. The Morgan fingerprint density at radius 1 is 0.800 bits per heavy atom. The van der Waals surface area contributed by atoms with Gasteiger partial charge in [-0.3, -0.25) is 4.89 Å². The Bertz CT molecular complexity index is 578. The minimum atomic E-state index is -0.924. The van der Waals surface area contributed by atoms with Crippen molar-refractivity contribution in [2.45, 2.75) is 19.4 Å². The Kier molecular flexibility index (Phi) is 2.87. The minimum absolute atomic E-state index is 0.356. The maximum absolute atomic E-state index is 12.1. The first-order valence-electron chi connectivity index (χ1n) is 6.60. The summed E-state index contributed by atoms with van der Waals surface area (Å²) in [5.74, 6) is -0.356. The molecule has 0 bridgehead atoms. The fraction of sp³-hybridized carbons (Fsp3) is 0.235. The van der Waals surface area contributed by atoms with Gasteiger partial charge in [-0.15, -0.1) is 0 Å². The highest BCUT2D eigenvalue weighted by Crippen LogP contribution is 2.52. The van der Waals surface area contributed by atoms with Gasteiger partial charge in [-0.1, -0.05) is 60.7 Å². The van der Waals surface area contributed by atoms with Crippen LogP contribution in [0.1, 0.15) is 25.0 Å². The monoisotopic (exact) mass is 268 g/mol. The molecule has 0 radical (unpaired) electrons. The van der Waals surface area contributed by atoms with Crippen LogP contribution in [0.25, 0.3) is 0 Å². The number of hydrogen-bond donors (Lipinski definition) is 0. The summed E-state index contributed by atoms with van der Waals surface area (Å²) < 4.78 is 0. The average molecular weight is 268 g/mol. The van der Waals surface area contributed by atoms with Crippen molar-refractivity contribution in [3.63, 3.8) is 0 Å². The first-order chi connectivity index (χ1) is 9.59. The van der Waals surface area contributed by atoms with Crippen LogP contribution >= 0.6 is 0 Å². The fourth-order valence-corrected chi connectivity index (χ4v) is 2.78. The lowest BCUT2D eigenvalue weighted by molar-refractivity contribution is -0.291. The molecular formula is C17H16O3. The van der Waals surface area contributed by atoms with Crippen molar-refractivity contribution in [2.75, 3.05) is 0 Å². The van der Waals surface area contributed by atoms with Crippen LogP contribution in [0.15, 0.2) is 60.7 Å². The van der Waals surface area contributed by atoms with E-state index in [1.165, 1.54) is 0 Å². The normalized spacial score (nSPS) is 19.6. The van der Waals surface area contributed by atoms with Crippen LogP contribution in [0.5, 0.6) is 0 Å². The van der Waals surface area contributed by atoms with Gasteiger partial charge in [-0.05, 0) is 25.0 Å². The third kappa shape index (κ3) is 1.60. The number of rotatable bonds is 2. The molecule has 1 aliphatic rings. The van der Waals surface area contributed by atoms with Gasteiger partial charge in [0, 0.05) is 0 Å². The second kappa shape index (κ2) is 4.46. The molecule has 1 fully saturated rings. The van der Waals surface area contributed by atoms with Crippen LogP contribution in [-0.4, -0.2) is 5.97 Å². The summed E-state index contributed by atoms with van der Waals surface area (Å²) in [6, 6.07) is 19.4.